The summed E-state index contributed by atoms with van der Waals surface area (Å²) in [4.78, 5) is 16.1. The number of nitrogens with zero attached hydrogens (tertiary/aromatic N) is 2. The summed E-state index contributed by atoms with van der Waals surface area (Å²) in [5.41, 5.74) is 3.44. The predicted molar refractivity (Wildman–Crippen MR) is 73.8 cm³/mol. The lowest BCUT2D eigenvalue weighted by Crippen LogP contribution is -2.30. The molecule has 2 heterocycles. The van der Waals surface area contributed by atoms with E-state index in [2.05, 4.69) is 4.98 Å². The van der Waals surface area contributed by atoms with Crippen LogP contribution in [0.4, 0.5) is 27.8 Å². The first-order valence-corrected chi connectivity index (χ1v) is 7.09. The Balaban J connectivity index is 2.49. The van der Waals surface area contributed by atoms with Gasteiger partial charge in [-0.25, -0.2) is 13.8 Å². The number of amides is 1. The van der Waals surface area contributed by atoms with Crippen molar-refractivity contribution in [1.29, 1.82) is 0 Å². The number of primary amides is 1. The molecule has 0 atom stereocenters. The van der Waals surface area contributed by atoms with E-state index in [4.69, 9.17) is 17.3 Å². The summed E-state index contributed by atoms with van der Waals surface area (Å²) in [6.45, 7) is -0.193. The van der Waals surface area contributed by atoms with E-state index < -0.39 is 35.1 Å². The molecule has 10 heteroatoms. The summed E-state index contributed by atoms with van der Waals surface area (Å²) in [6.07, 6.45) is -5.71. The van der Waals surface area contributed by atoms with Gasteiger partial charge in [-0.15, -0.1) is 0 Å². The summed E-state index contributed by atoms with van der Waals surface area (Å²) >= 11 is 5.52. The first-order chi connectivity index (χ1) is 10.5. The van der Waals surface area contributed by atoms with Crippen molar-refractivity contribution < 1.29 is 26.7 Å². The van der Waals surface area contributed by atoms with E-state index in [0.29, 0.717) is 0 Å². The molecule has 1 aliphatic rings. The number of alkyl halides is 5. The molecule has 1 aromatic heterocycles. The van der Waals surface area contributed by atoms with Crippen molar-refractivity contribution >= 4 is 23.3 Å². The van der Waals surface area contributed by atoms with Crippen molar-refractivity contribution in [2.75, 3.05) is 18.0 Å². The Kier molecular flexibility index (Phi) is 4.70. The molecular formula is C13H13ClF5N3O. The minimum Gasteiger partial charge on any atom is -0.365 e. The van der Waals surface area contributed by atoms with E-state index in [9.17, 15) is 26.7 Å². The van der Waals surface area contributed by atoms with Gasteiger partial charge in [-0.2, -0.15) is 13.2 Å². The molecule has 23 heavy (non-hydrogen) atoms. The number of carbonyl (C=O) groups is 1. The maximum Gasteiger partial charge on any atom is 0.434 e. The molecule has 1 saturated heterocycles. The van der Waals surface area contributed by atoms with E-state index in [0.717, 1.165) is 6.07 Å². The highest BCUT2D eigenvalue weighted by Gasteiger charge is 2.38. The number of carbonyl (C=O) groups excluding carboxylic acids is 1. The number of hydrogen-bond acceptors (Lipinski definition) is 3. The Labute approximate surface area is 133 Å². The lowest BCUT2D eigenvalue weighted by atomic mass is 10.1. The smallest absolute Gasteiger partial charge is 0.365 e. The third-order valence-corrected chi connectivity index (χ3v) is 3.80. The molecule has 1 aliphatic heterocycles. The van der Waals surface area contributed by atoms with Gasteiger partial charge < -0.3 is 10.6 Å². The Morgan fingerprint density at radius 2 is 1.96 bits per heavy atom. The Bertz CT molecular complexity index is 620. The zero-order chi connectivity index (χ0) is 17.4. The van der Waals surface area contributed by atoms with Gasteiger partial charge >= 0.3 is 6.18 Å². The van der Waals surface area contributed by atoms with E-state index >= 15 is 0 Å². The van der Waals surface area contributed by atoms with Crippen LogP contribution in [0.1, 0.15) is 35.3 Å². The molecule has 0 aromatic carbocycles. The molecule has 4 nitrogen and oxygen atoms in total. The van der Waals surface area contributed by atoms with Gasteiger partial charge in [0.2, 0.25) is 5.92 Å². The van der Waals surface area contributed by atoms with Crippen molar-refractivity contribution in [1.82, 2.24) is 4.98 Å². The van der Waals surface area contributed by atoms with Crippen molar-refractivity contribution in [2.24, 2.45) is 5.73 Å². The van der Waals surface area contributed by atoms with Gasteiger partial charge in [0.15, 0.2) is 5.69 Å². The molecule has 0 aliphatic carbocycles. The number of pyridine rings is 1. The van der Waals surface area contributed by atoms with Crippen molar-refractivity contribution in [3.63, 3.8) is 0 Å². The van der Waals surface area contributed by atoms with Crippen LogP contribution in [0.15, 0.2) is 6.07 Å². The van der Waals surface area contributed by atoms with Gasteiger partial charge in [0, 0.05) is 25.9 Å². The molecule has 0 saturated carbocycles. The SMILES string of the molecule is NC(=O)c1cc(Cl)c(C(F)(F)F)nc1N1CCCC(F)(F)CC1. The van der Waals surface area contributed by atoms with Crippen molar-refractivity contribution in [3.8, 4) is 0 Å². The first-order valence-electron chi connectivity index (χ1n) is 6.71. The van der Waals surface area contributed by atoms with Crippen molar-refractivity contribution in [3.05, 3.63) is 22.3 Å². The normalized spacial score (nSPS) is 18.6. The molecule has 0 unspecified atom stereocenters. The van der Waals surface area contributed by atoms with Crippen LogP contribution in [0, 0.1) is 0 Å². The number of rotatable bonds is 2. The number of halogens is 6. The molecule has 1 fully saturated rings. The highest BCUT2D eigenvalue weighted by molar-refractivity contribution is 6.31. The largest absolute Gasteiger partial charge is 0.434 e. The second kappa shape index (κ2) is 6.10. The van der Waals surface area contributed by atoms with Crippen molar-refractivity contribution in [2.45, 2.75) is 31.4 Å². The molecule has 1 aromatic rings. The lowest BCUT2D eigenvalue weighted by molar-refractivity contribution is -0.141. The van der Waals surface area contributed by atoms with E-state index in [1.54, 1.807) is 0 Å². The minimum absolute atomic E-state index is 0.0435. The quantitative estimate of drug-likeness (QED) is 0.824. The number of aromatic nitrogens is 1. The Morgan fingerprint density at radius 3 is 2.52 bits per heavy atom. The monoisotopic (exact) mass is 357 g/mol. The molecule has 0 radical (unpaired) electrons. The second-order valence-corrected chi connectivity index (χ2v) is 5.66. The summed E-state index contributed by atoms with van der Waals surface area (Å²) in [6, 6.07) is 0.776. The highest BCUT2D eigenvalue weighted by Crippen LogP contribution is 2.37. The van der Waals surface area contributed by atoms with Crippen LogP contribution in [0.25, 0.3) is 0 Å². The first kappa shape index (κ1) is 17.7. The second-order valence-electron chi connectivity index (χ2n) is 5.25. The van der Waals surface area contributed by atoms with Crippen LogP contribution in [-0.2, 0) is 6.18 Å². The predicted octanol–water partition coefficient (Wildman–Crippen LogP) is 3.48. The van der Waals surface area contributed by atoms with E-state index in [1.807, 2.05) is 0 Å². The summed E-state index contributed by atoms with van der Waals surface area (Å²) in [5, 5.41) is -0.768. The van der Waals surface area contributed by atoms with E-state index in [-0.39, 0.29) is 37.3 Å². The van der Waals surface area contributed by atoms with Crippen LogP contribution in [-0.4, -0.2) is 29.9 Å². The van der Waals surface area contributed by atoms with Crippen LogP contribution in [0.2, 0.25) is 5.02 Å². The van der Waals surface area contributed by atoms with Crippen LogP contribution >= 0.6 is 11.6 Å². The molecule has 0 bridgehead atoms. The maximum atomic E-state index is 13.4. The average molecular weight is 358 g/mol. The third-order valence-electron chi connectivity index (χ3n) is 3.51. The van der Waals surface area contributed by atoms with Gasteiger partial charge in [-0.3, -0.25) is 4.79 Å². The topological polar surface area (TPSA) is 59.2 Å². The average Bonchev–Trinajstić information content (AvgIpc) is 2.58. The minimum atomic E-state index is -4.84. The van der Waals surface area contributed by atoms with Crippen LogP contribution in [0.5, 0.6) is 0 Å². The summed E-state index contributed by atoms with van der Waals surface area (Å²) in [5.74, 6) is -4.30. The molecular weight excluding hydrogens is 345 g/mol. The molecule has 0 spiro atoms. The van der Waals surface area contributed by atoms with Gasteiger partial charge in [0.25, 0.3) is 5.91 Å². The molecule has 2 rings (SSSR count). The van der Waals surface area contributed by atoms with E-state index in [1.165, 1.54) is 4.90 Å². The molecule has 2 N–H and O–H groups in total. The number of anilines is 1. The fourth-order valence-corrected chi connectivity index (χ4v) is 2.63. The molecule has 1 amide bonds. The highest BCUT2D eigenvalue weighted by atomic mass is 35.5. The Hall–Kier alpha value is -1.64. The number of nitrogens with two attached hydrogens (primary N) is 1. The third kappa shape index (κ3) is 4.01. The van der Waals surface area contributed by atoms with Gasteiger partial charge in [-0.1, -0.05) is 11.6 Å². The fraction of sp³-hybridized carbons (Fsp3) is 0.538. The maximum absolute atomic E-state index is 13.4. The van der Waals surface area contributed by atoms with Gasteiger partial charge in [0.1, 0.15) is 5.82 Å². The lowest BCUT2D eigenvalue weighted by Gasteiger charge is -2.24. The Morgan fingerprint density at radius 1 is 1.30 bits per heavy atom. The number of hydrogen-bond donors (Lipinski definition) is 1. The zero-order valence-corrected chi connectivity index (χ0v) is 12.5. The molecule has 128 valence electrons. The summed E-state index contributed by atoms with van der Waals surface area (Å²) < 4.78 is 65.6. The summed E-state index contributed by atoms with van der Waals surface area (Å²) in [7, 11) is 0. The van der Waals surface area contributed by atoms with Gasteiger partial charge in [-0.05, 0) is 12.5 Å². The van der Waals surface area contributed by atoms with Gasteiger partial charge in [0.05, 0.1) is 10.6 Å². The van der Waals surface area contributed by atoms with Crippen LogP contribution < -0.4 is 10.6 Å². The van der Waals surface area contributed by atoms with Crippen LogP contribution in [0.3, 0.4) is 0 Å². The fourth-order valence-electron chi connectivity index (χ4n) is 2.38. The zero-order valence-electron chi connectivity index (χ0n) is 11.8. The standard InChI is InChI=1S/C13H13ClF5N3O/c14-8-6-7(10(20)23)11(21-9(8)13(17,18)19)22-4-1-2-12(15,16)3-5-22/h6H,1-5H2,(H2,20,23).